The minimum Gasteiger partial charge on any atom is -0.0652 e. The molecule has 0 heteroatoms. The Morgan fingerprint density at radius 2 is 1.19 bits per heavy atom. The van der Waals surface area contributed by atoms with Crippen molar-refractivity contribution >= 4 is 6.08 Å². The van der Waals surface area contributed by atoms with Crippen molar-refractivity contribution in [1.82, 2.24) is 0 Å². The van der Waals surface area contributed by atoms with Crippen molar-refractivity contribution in [2.45, 2.75) is 38.5 Å². The van der Waals surface area contributed by atoms with Crippen LogP contribution in [0, 0.1) is 6.92 Å². The lowest BCUT2D eigenvalue weighted by Gasteiger charge is -2.19. The molecule has 2 aliphatic rings. The average molecular weight is 336 g/mol. The van der Waals surface area contributed by atoms with E-state index in [1.165, 1.54) is 57.4 Å². The highest BCUT2D eigenvalue weighted by atomic mass is 14.3. The predicted molar refractivity (Wildman–Crippen MR) is 111 cm³/mol. The number of benzene rings is 3. The zero-order valence-electron chi connectivity index (χ0n) is 15.5. The van der Waals surface area contributed by atoms with E-state index in [9.17, 15) is 0 Å². The Bertz CT molecular complexity index is 976. The van der Waals surface area contributed by atoms with Crippen LogP contribution in [0.2, 0.25) is 0 Å². The number of fused-ring (bicyclic) bond motifs is 4. The molecule has 0 saturated heterocycles. The third-order valence-electron chi connectivity index (χ3n) is 6.36. The van der Waals surface area contributed by atoms with Crippen LogP contribution >= 0.6 is 0 Å². The van der Waals surface area contributed by atoms with E-state index < -0.39 is 0 Å². The lowest BCUT2D eigenvalue weighted by Crippen LogP contribution is -2.03. The molecular formula is C26H24. The second kappa shape index (κ2) is 5.99. The Morgan fingerprint density at radius 3 is 1.88 bits per heavy atom. The number of rotatable bonds is 3. The van der Waals surface area contributed by atoms with Gasteiger partial charge >= 0.3 is 0 Å². The highest BCUT2D eigenvalue weighted by Gasteiger charge is 2.30. The summed E-state index contributed by atoms with van der Waals surface area (Å²) in [7, 11) is 0. The molecular weight excluding hydrogens is 312 g/mol. The van der Waals surface area contributed by atoms with E-state index in [-0.39, 0.29) is 0 Å². The number of aryl methyl sites for hydroxylation is 1. The molecule has 0 aliphatic heterocycles. The maximum absolute atomic E-state index is 2.41. The Balaban J connectivity index is 1.47. The SMILES string of the molecule is CC1=Cc2c(C)cccc2C1CCC1c2ccccc2-c2ccccc21. The summed E-state index contributed by atoms with van der Waals surface area (Å²) < 4.78 is 0. The molecule has 26 heavy (non-hydrogen) atoms. The van der Waals surface area contributed by atoms with Crippen LogP contribution in [0.4, 0.5) is 0 Å². The summed E-state index contributed by atoms with van der Waals surface area (Å²) in [6.07, 6.45) is 4.83. The topological polar surface area (TPSA) is 0 Å². The monoisotopic (exact) mass is 336 g/mol. The van der Waals surface area contributed by atoms with E-state index in [4.69, 9.17) is 0 Å². The predicted octanol–water partition coefficient (Wildman–Crippen LogP) is 7.09. The maximum atomic E-state index is 2.41. The molecule has 3 aromatic rings. The first-order valence-electron chi connectivity index (χ1n) is 9.70. The van der Waals surface area contributed by atoms with Gasteiger partial charge < -0.3 is 0 Å². The minimum atomic E-state index is 0.532. The van der Waals surface area contributed by atoms with Gasteiger partial charge in [-0.3, -0.25) is 0 Å². The molecule has 5 rings (SSSR count). The summed E-state index contributed by atoms with van der Waals surface area (Å²) in [6, 6.07) is 24.7. The van der Waals surface area contributed by atoms with Crippen molar-refractivity contribution < 1.29 is 0 Å². The summed E-state index contributed by atoms with van der Waals surface area (Å²) in [4.78, 5) is 0. The smallest absolute Gasteiger partial charge is 0.0102 e. The first-order valence-corrected chi connectivity index (χ1v) is 9.70. The summed E-state index contributed by atoms with van der Waals surface area (Å²) in [5, 5.41) is 0. The number of allylic oxidation sites excluding steroid dienone is 1. The van der Waals surface area contributed by atoms with Gasteiger partial charge in [0, 0.05) is 11.8 Å². The van der Waals surface area contributed by atoms with Crippen molar-refractivity contribution in [3.05, 3.63) is 100 Å². The third kappa shape index (κ3) is 2.29. The average Bonchev–Trinajstić information content (AvgIpc) is 3.16. The van der Waals surface area contributed by atoms with Gasteiger partial charge in [0.2, 0.25) is 0 Å². The Morgan fingerprint density at radius 1 is 0.615 bits per heavy atom. The molecule has 0 heterocycles. The van der Waals surface area contributed by atoms with E-state index in [2.05, 4.69) is 86.7 Å². The summed E-state index contributed by atoms with van der Waals surface area (Å²) in [6.45, 7) is 4.54. The van der Waals surface area contributed by atoms with Gasteiger partial charge in [-0.15, -0.1) is 0 Å². The number of hydrogen-bond acceptors (Lipinski definition) is 0. The summed E-state index contributed by atoms with van der Waals surface area (Å²) in [5.74, 6) is 1.11. The van der Waals surface area contributed by atoms with E-state index in [1.807, 2.05) is 0 Å². The van der Waals surface area contributed by atoms with Gasteiger partial charge in [0.1, 0.15) is 0 Å². The van der Waals surface area contributed by atoms with Crippen LogP contribution in [0.5, 0.6) is 0 Å². The second-order valence-corrected chi connectivity index (χ2v) is 7.82. The van der Waals surface area contributed by atoms with Gasteiger partial charge in [-0.05, 0) is 65.6 Å². The van der Waals surface area contributed by atoms with Crippen LogP contribution in [0.25, 0.3) is 17.2 Å². The highest BCUT2D eigenvalue weighted by Crippen LogP contribution is 2.49. The molecule has 128 valence electrons. The molecule has 1 atom stereocenters. The van der Waals surface area contributed by atoms with E-state index in [0.29, 0.717) is 11.8 Å². The zero-order chi connectivity index (χ0) is 17.7. The zero-order valence-corrected chi connectivity index (χ0v) is 15.5. The van der Waals surface area contributed by atoms with Gasteiger partial charge in [0.05, 0.1) is 0 Å². The maximum Gasteiger partial charge on any atom is 0.0102 e. The van der Waals surface area contributed by atoms with E-state index in [1.54, 1.807) is 0 Å². The van der Waals surface area contributed by atoms with Crippen LogP contribution < -0.4 is 0 Å². The molecule has 0 radical (unpaired) electrons. The van der Waals surface area contributed by atoms with Crippen LogP contribution in [0.1, 0.15) is 59.4 Å². The largest absolute Gasteiger partial charge is 0.0652 e. The first-order chi connectivity index (χ1) is 12.7. The van der Waals surface area contributed by atoms with Gasteiger partial charge in [-0.2, -0.15) is 0 Å². The molecule has 1 unspecified atom stereocenters. The van der Waals surface area contributed by atoms with Crippen molar-refractivity contribution in [2.24, 2.45) is 0 Å². The molecule has 0 nitrogen and oxygen atoms in total. The number of hydrogen-bond donors (Lipinski definition) is 0. The van der Waals surface area contributed by atoms with Crippen LogP contribution in [0.3, 0.4) is 0 Å². The van der Waals surface area contributed by atoms with Crippen LogP contribution in [0.15, 0.2) is 72.3 Å². The van der Waals surface area contributed by atoms with Crippen LogP contribution in [-0.4, -0.2) is 0 Å². The van der Waals surface area contributed by atoms with Gasteiger partial charge in [-0.25, -0.2) is 0 Å². The van der Waals surface area contributed by atoms with Crippen molar-refractivity contribution in [1.29, 1.82) is 0 Å². The Labute approximate surface area is 156 Å². The highest BCUT2D eigenvalue weighted by molar-refractivity contribution is 5.78. The normalized spacial score (nSPS) is 17.6. The van der Waals surface area contributed by atoms with E-state index >= 15 is 0 Å². The lowest BCUT2D eigenvalue weighted by atomic mass is 9.85. The Hall–Kier alpha value is -2.60. The molecule has 2 aliphatic carbocycles. The lowest BCUT2D eigenvalue weighted by molar-refractivity contribution is 0.618. The van der Waals surface area contributed by atoms with Crippen LogP contribution in [-0.2, 0) is 0 Å². The standard InChI is InChI=1S/C26H24/c1-17-8-7-13-20-19(18(2)16-26(17)20)14-15-25-23-11-5-3-9-21(23)22-10-4-6-12-24(22)25/h3-13,16,19,25H,14-15H2,1-2H3. The molecule has 3 aromatic carbocycles. The molecule has 0 bridgehead atoms. The quantitative estimate of drug-likeness (QED) is 0.479. The second-order valence-electron chi connectivity index (χ2n) is 7.82. The summed E-state index contributed by atoms with van der Waals surface area (Å²) >= 11 is 0. The van der Waals surface area contributed by atoms with Gasteiger partial charge in [-0.1, -0.05) is 78.4 Å². The molecule has 0 N–H and O–H groups in total. The van der Waals surface area contributed by atoms with Gasteiger partial charge in [0.15, 0.2) is 0 Å². The third-order valence-corrected chi connectivity index (χ3v) is 6.36. The molecule has 0 fully saturated rings. The van der Waals surface area contributed by atoms with E-state index in [0.717, 1.165) is 0 Å². The molecule has 0 amide bonds. The Kier molecular flexibility index (Phi) is 3.60. The molecule has 0 aromatic heterocycles. The fraction of sp³-hybridized carbons (Fsp3) is 0.231. The minimum absolute atomic E-state index is 0.532. The van der Waals surface area contributed by atoms with Crippen molar-refractivity contribution in [2.75, 3.05) is 0 Å². The van der Waals surface area contributed by atoms with Gasteiger partial charge in [0.25, 0.3) is 0 Å². The first kappa shape index (κ1) is 15.6. The van der Waals surface area contributed by atoms with Crippen molar-refractivity contribution in [3.63, 3.8) is 0 Å². The molecule has 0 spiro atoms. The van der Waals surface area contributed by atoms with Crippen molar-refractivity contribution in [3.8, 4) is 11.1 Å². The fourth-order valence-corrected chi connectivity index (χ4v) is 5.07. The summed E-state index contributed by atoms with van der Waals surface area (Å²) in [5.41, 5.74) is 11.8. The fourth-order valence-electron chi connectivity index (χ4n) is 5.07. The molecule has 0 saturated carbocycles.